The summed E-state index contributed by atoms with van der Waals surface area (Å²) in [7, 11) is 1.63. The monoisotopic (exact) mass is 298 g/mol. The van der Waals surface area contributed by atoms with Crippen LogP contribution in [0.2, 0.25) is 0 Å². The Kier molecular flexibility index (Phi) is 5.42. The molecule has 0 heterocycles. The minimum absolute atomic E-state index is 0.00523. The highest BCUT2D eigenvalue weighted by Gasteiger charge is 2.06. The molecule has 0 aromatic heterocycles. The van der Waals surface area contributed by atoms with Crippen molar-refractivity contribution in [1.82, 2.24) is 0 Å². The van der Waals surface area contributed by atoms with E-state index in [-0.39, 0.29) is 5.91 Å². The van der Waals surface area contributed by atoms with Crippen molar-refractivity contribution in [2.75, 3.05) is 24.3 Å². The quantitative estimate of drug-likeness (QED) is 0.854. The molecule has 2 aromatic carbocycles. The normalized spacial score (nSPS) is 10.1. The van der Waals surface area contributed by atoms with E-state index in [1.165, 1.54) is 5.56 Å². The van der Waals surface area contributed by atoms with E-state index >= 15 is 0 Å². The molecule has 0 aliphatic rings. The van der Waals surface area contributed by atoms with Crippen LogP contribution in [0, 0.1) is 13.8 Å². The fraction of sp³-hybridized carbons (Fsp3) is 0.278. The fourth-order valence-electron chi connectivity index (χ4n) is 2.27. The molecule has 0 bridgehead atoms. The Morgan fingerprint density at radius 2 is 1.86 bits per heavy atom. The molecule has 0 spiro atoms. The summed E-state index contributed by atoms with van der Waals surface area (Å²) in [6.07, 6.45) is 0.394. The third-order valence-electron chi connectivity index (χ3n) is 3.43. The van der Waals surface area contributed by atoms with Crippen LogP contribution in [0.3, 0.4) is 0 Å². The van der Waals surface area contributed by atoms with Crippen LogP contribution in [0.5, 0.6) is 5.75 Å². The Morgan fingerprint density at radius 1 is 1.09 bits per heavy atom. The van der Waals surface area contributed by atoms with Crippen LogP contribution in [0.25, 0.3) is 0 Å². The Hall–Kier alpha value is -2.49. The van der Waals surface area contributed by atoms with Crippen molar-refractivity contribution in [3.05, 3.63) is 53.6 Å². The first-order valence-corrected chi connectivity index (χ1v) is 7.34. The molecule has 2 aromatic rings. The van der Waals surface area contributed by atoms with E-state index in [1.807, 2.05) is 50.2 Å². The molecule has 1 amide bonds. The summed E-state index contributed by atoms with van der Waals surface area (Å²) >= 11 is 0. The smallest absolute Gasteiger partial charge is 0.226 e. The van der Waals surface area contributed by atoms with Gasteiger partial charge in [-0.25, -0.2) is 0 Å². The second-order valence-corrected chi connectivity index (χ2v) is 5.24. The van der Waals surface area contributed by atoms with Gasteiger partial charge < -0.3 is 15.4 Å². The molecule has 2 N–H and O–H groups in total. The van der Waals surface area contributed by atoms with Crippen molar-refractivity contribution in [3.63, 3.8) is 0 Å². The fourth-order valence-corrected chi connectivity index (χ4v) is 2.27. The molecule has 116 valence electrons. The molecule has 0 aliphatic carbocycles. The largest absolute Gasteiger partial charge is 0.495 e. The predicted octanol–water partition coefficient (Wildman–Crippen LogP) is 3.75. The van der Waals surface area contributed by atoms with Gasteiger partial charge in [-0.1, -0.05) is 29.8 Å². The molecule has 4 heteroatoms. The number of nitrogens with one attached hydrogen (secondary N) is 2. The number of benzene rings is 2. The molecule has 0 aliphatic heterocycles. The highest BCUT2D eigenvalue weighted by molar-refractivity contribution is 5.91. The predicted molar refractivity (Wildman–Crippen MR) is 90.6 cm³/mol. The molecule has 0 saturated heterocycles. The molecule has 2 rings (SSSR count). The van der Waals surface area contributed by atoms with Crippen molar-refractivity contribution < 1.29 is 9.53 Å². The van der Waals surface area contributed by atoms with Crippen LogP contribution >= 0.6 is 0 Å². The SMILES string of the molecule is COc1ccccc1NCCC(=O)Nc1ccc(C)cc1C. The standard InChI is InChI=1S/C18H22N2O2/c1-13-8-9-15(14(2)12-13)20-18(21)10-11-19-16-6-4-5-7-17(16)22-3/h4-9,12,19H,10-11H2,1-3H3,(H,20,21). The molecule has 4 nitrogen and oxygen atoms in total. The zero-order valence-corrected chi connectivity index (χ0v) is 13.3. The summed E-state index contributed by atoms with van der Waals surface area (Å²) in [6.45, 7) is 4.59. The van der Waals surface area contributed by atoms with Gasteiger partial charge in [0.2, 0.25) is 5.91 Å². The maximum absolute atomic E-state index is 12.0. The van der Waals surface area contributed by atoms with Crippen molar-refractivity contribution in [1.29, 1.82) is 0 Å². The summed E-state index contributed by atoms with van der Waals surface area (Å²) in [4.78, 5) is 12.0. The number of hydrogen-bond donors (Lipinski definition) is 2. The third-order valence-corrected chi connectivity index (χ3v) is 3.43. The average Bonchev–Trinajstić information content (AvgIpc) is 2.50. The van der Waals surface area contributed by atoms with Crippen LogP contribution < -0.4 is 15.4 Å². The van der Waals surface area contributed by atoms with E-state index in [0.717, 1.165) is 22.7 Å². The van der Waals surface area contributed by atoms with Gasteiger partial charge in [0, 0.05) is 18.7 Å². The Labute approximate surface area is 131 Å². The molecule has 0 fully saturated rings. The average molecular weight is 298 g/mol. The molecule has 0 radical (unpaired) electrons. The number of para-hydroxylation sites is 2. The lowest BCUT2D eigenvalue weighted by Crippen LogP contribution is -2.17. The highest BCUT2D eigenvalue weighted by atomic mass is 16.5. The highest BCUT2D eigenvalue weighted by Crippen LogP contribution is 2.22. The first-order chi connectivity index (χ1) is 10.6. The van der Waals surface area contributed by atoms with Crippen LogP contribution in [-0.4, -0.2) is 19.6 Å². The maximum Gasteiger partial charge on any atom is 0.226 e. The van der Waals surface area contributed by atoms with E-state index in [1.54, 1.807) is 7.11 Å². The molecule has 0 atom stereocenters. The van der Waals surface area contributed by atoms with Crippen molar-refractivity contribution in [3.8, 4) is 5.75 Å². The number of carbonyl (C=O) groups is 1. The van der Waals surface area contributed by atoms with Gasteiger partial charge in [-0.2, -0.15) is 0 Å². The van der Waals surface area contributed by atoms with E-state index in [0.29, 0.717) is 13.0 Å². The second kappa shape index (κ2) is 7.50. The van der Waals surface area contributed by atoms with E-state index < -0.39 is 0 Å². The van der Waals surface area contributed by atoms with E-state index in [2.05, 4.69) is 16.7 Å². The lowest BCUT2D eigenvalue weighted by atomic mass is 10.1. The summed E-state index contributed by atoms with van der Waals surface area (Å²) in [5, 5.41) is 6.16. The van der Waals surface area contributed by atoms with Gasteiger partial charge in [-0.15, -0.1) is 0 Å². The Balaban J connectivity index is 1.85. The van der Waals surface area contributed by atoms with E-state index in [4.69, 9.17) is 4.74 Å². The van der Waals surface area contributed by atoms with Crippen molar-refractivity contribution in [2.45, 2.75) is 20.3 Å². The Bertz CT molecular complexity index is 653. The molecular formula is C18H22N2O2. The topological polar surface area (TPSA) is 50.4 Å². The van der Waals surface area contributed by atoms with E-state index in [9.17, 15) is 4.79 Å². The third kappa shape index (κ3) is 4.25. The summed E-state index contributed by atoms with van der Waals surface area (Å²) in [5.74, 6) is 0.770. The summed E-state index contributed by atoms with van der Waals surface area (Å²) in [5.41, 5.74) is 4.02. The van der Waals surface area contributed by atoms with Gasteiger partial charge >= 0.3 is 0 Å². The van der Waals surface area contributed by atoms with Crippen LogP contribution in [-0.2, 0) is 4.79 Å². The number of methoxy groups -OCH3 is 1. The number of hydrogen-bond acceptors (Lipinski definition) is 3. The number of carbonyl (C=O) groups excluding carboxylic acids is 1. The number of rotatable bonds is 6. The molecule has 0 unspecified atom stereocenters. The molecular weight excluding hydrogens is 276 g/mol. The van der Waals surface area contributed by atoms with Gasteiger partial charge in [0.05, 0.1) is 12.8 Å². The van der Waals surface area contributed by atoms with Crippen LogP contribution in [0.4, 0.5) is 11.4 Å². The van der Waals surface area contributed by atoms with Gasteiger partial charge in [-0.3, -0.25) is 4.79 Å². The Morgan fingerprint density at radius 3 is 2.59 bits per heavy atom. The minimum atomic E-state index is -0.00523. The number of amides is 1. The lowest BCUT2D eigenvalue weighted by Gasteiger charge is -2.12. The minimum Gasteiger partial charge on any atom is -0.495 e. The van der Waals surface area contributed by atoms with Gasteiger partial charge in [0.25, 0.3) is 0 Å². The number of anilines is 2. The van der Waals surface area contributed by atoms with Crippen LogP contribution in [0.15, 0.2) is 42.5 Å². The van der Waals surface area contributed by atoms with Gasteiger partial charge in [0.1, 0.15) is 5.75 Å². The second-order valence-electron chi connectivity index (χ2n) is 5.24. The number of aryl methyl sites for hydroxylation is 2. The molecule has 0 saturated carbocycles. The first-order valence-electron chi connectivity index (χ1n) is 7.34. The summed E-state index contributed by atoms with van der Waals surface area (Å²) < 4.78 is 5.26. The zero-order valence-electron chi connectivity index (χ0n) is 13.3. The zero-order chi connectivity index (χ0) is 15.9. The van der Waals surface area contributed by atoms with Gasteiger partial charge in [0.15, 0.2) is 0 Å². The maximum atomic E-state index is 12.0. The van der Waals surface area contributed by atoms with Gasteiger partial charge in [-0.05, 0) is 37.6 Å². The first kappa shape index (κ1) is 15.9. The van der Waals surface area contributed by atoms with Crippen molar-refractivity contribution >= 4 is 17.3 Å². The van der Waals surface area contributed by atoms with Crippen LogP contribution in [0.1, 0.15) is 17.5 Å². The number of ether oxygens (including phenoxy) is 1. The lowest BCUT2D eigenvalue weighted by molar-refractivity contribution is -0.115. The summed E-state index contributed by atoms with van der Waals surface area (Å²) in [6, 6.07) is 13.7. The van der Waals surface area contributed by atoms with Crippen molar-refractivity contribution in [2.24, 2.45) is 0 Å². The molecule has 22 heavy (non-hydrogen) atoms.